The van der Waals surface area contributed by atoms with Crippen molar-refractivity contribution in [3.63, 3.8) is 0 Å². The summed E-state index contributed by atoms with van der Waals surface area (Å²) in [5.74, 6) is 1.22. The molecular weight excluding hydrogens is 452 g/mol. The Morgan fingerprint density at radius 3 is 2.26 bits per heavy atom. The van der Waals surface area contributed by atoms with E-state index in [1.54, 1.807) is 24.3 Å². The number of hydrogen-bond acceptors (Lipinski definition) is 6. The second-order valence-electron chi connectivity index (χ2n) is 9.30. The van der Waals surface area contributed by atoms with E-state index in [-0.39, 0.29) is 16.7 Å². The molecule has 1 aliphatic heterocycles. The molecule has 0 bridgehead atoms. The smallest absolute Gasteiger partial charge is 0.243 e. The van der Waals surface area contributed by atoms with Gasteiger partial charge in [-0.3, -0.25) is 4.79 Å². The Morgan fingerprint density at radius 1 is 1.00 bits per heavy atom. The van der Waals surface area contributed by atoms with Gasteiger partial charge in [0.25, 0.3) is 0 Å². The Hall–Kier alpha value is -3.04. The van der Waals surface area contributed by atoms with Crippen molar-refractivity contribution in [3.05, 3.63) is 59.5 Å². The highest BCUT2D eigenvalue weighted by Gasteiger charge is 2.33. The Bertz CT molecular complexity index is 1280. The van der Waals surface area contributed by atoms with Crippen LogP contribution in [0.1, 0.15) is 48.6 Å². The zero-order valence-corrected chi connectivity index (χ0v) is 20.1. The topological polar surface area (TPSA) is 105 Å². The molecule has 0 atom stereocenters. The molecule has 0 radical (unpaired) electrons. The molecule has 8 nitrogen and oxygen atoms in total. The average molecular weight is 481 g/mol. The molecule has 0 spiro atoms. The van der Waals surface area contributed by atoms with Crippen molar-refractivity contribution in [1.82, 2.24) is 14.4 Å². The number of sulfonamides is 1. The molecule has 178 valence electrons. The van der Waals surface area contributed by atoms with Gasteiger partial charge in [0.1, 0.15) is 0 Å². The third-order valence-corrected chi connectivity index (χ3v) is 8.35. The Balaban J connectivity index is 1.21. The fourth-order valence-electron chi connectivity index (χ4n) is 4.42. The van der Waals surface area contributed by atoms with Crippen molar-refractivity contribution in [3.8, 4) is 11.4 Å². The summed E-state index contributed by atoms with van der Waals surface area (Å²) < 4.78 is 33.1. The molecule has 3 aromatic rings. The van der Waals surface area contributed by atoms with Crippen LogP contribution in [0.5, 0.6) is 0 Å². The first-order valence-electron chi connectivity index (χ1n) is 11.6. The zero-order chi connectivity index (χ0) is 23.9. The number of carbonyl (C=O) groups is 1. The maximum atomic E-state index is 13.2. The van der Waals surface area contributed by atoms with Gasteiger partial charge in [0.05, 0.1) is 4.90 Å². The van der Waals surface area contributed by atoms with E-state index in [1.807, 2.05) is 26.0 Å². The first kappa shape index (κ1) is 22.7. The number of carbonyl (C=O) groups excluding carboxylic acids is 1. The second-order valence-corrected chi connectivity index (χ2v) is 11.2. The predicted octanol–water partition coefficient (Wildman–Crippen LogP) is 4.27. The van der Waals surface area contributed by atoms with Gasteiger partial charge in [0.2, 0.25) is 27.6 Å². The van der Waals surface area contributed by atoms with E-state index in [0.717, 1.165) is 35.2 Å². The highest BCUT2D eigenvalue weighted by molar-refractivity contribution is 7.89. The SMILES string of the molecule is Cc1cc(C)cc(NC(=O)C2CCN(S(=O)(=O)c3ccc(-c4noc(C5CC5)n4)cc3)CC2)c1. The summed E-state index contributed by atoms with van der Waals surface area (Å²) in [5.41, 5.74) is 3.68. The molecule has 9 heteroatoms. The lowest BCUT2D eigenvalue weighted by Gasteiger charge is -2.30. The fourth-order valence-corrected chi connectivity index (χ4v) is 5.89. The Kier molecular flexibility index (Phi) is 5.99. The van der Waals surface area contributed by atoms with E-state index in [4.69, 9.17) is 4.52 Å². The number of nitrogens with zero attached hydrogens (tertiary/aromatic N) is 3. The maximum Gasteiger partial charge on any atom is 0.243 e. The molecule has 34 heavy (non-hydrogen) atoms. The van der Waals surface area contributed by atoms with E-state index < -0.39 is 10.0 Å². The van der Waals surface area contributed by atoms with Gasteiger partial charge < -0.3 is 9.84 Å². The minimum atomic E-state index is -3.64. The van der Waals surface area contributed by atoms with E-state index in [2.05, 4.69) is 21.5 Å². The van der Waals surface area contributed by atoms with Crippen LogP contribution in [0.4, 0.5) is 5.69 Å². The predicted molar refractivity (Wildman–Crippen MR) is 128 cm³/mol. The molecule has 2 fully saturated rings. The fraction of sp³-hybridized carbons (Fsp3) is 0.400. The number of benzene rings is 2. The average Bonchev–Trinajstić information content (AvgIpc) is 3.55. The zero-order valence-electron chi connectivity index (χ0n) is 19.3. The molecule has 2 aromatic carbocycles. The summed E-state index contributed by atoms with van der Waals surface area (Å²) in [4.78, 5) is 17.4. The minimum Gasteiger partial charge on any atom is -0.339 e. The van der Waals surface area contributed by atoms with Crippen LogP contribution < -0.4 is 5.32 Å². The lowest BCUT2D eigenvalue weighted by atomic mass is 9.97. The number of hydrogen-bond donors (Lipinski definition) is 1. The van der Waals surface area contributed by atoms with E-state index in [9.17, 15) is 13.2 Å². The third kappa shape index (κ3) is 4.76. The van der Waals surface area contributed by atoms with Gasteiger partial charge in [-0.05, 0) is 87.1 Å². The molecule has 1 N–H and O–H groups in total. The molecule has 1 saturated carbocycles. The minimum absolute atomic E-state index is 0.0583. The summed E-state index contributed by atoms with van der Waals surface area (Å²) in [6.07, 6.45) is 3.12. The van der Waals surface area contributed by atoms with Crippen LogP contribution in [0.15, 0.2) is 51.9 Å². The Morgan fingerprint density at radius 2 is 1.65 bits per heavy atom. The van der Waals surface area contributed by atoms with Gasteiger partial charge in [0, 0.05) is 36.2 Å². The van der Waals surface area contributed by atoms with Gasteiger partial charge >= 0.3 is 0 Å². The number of piperidine rings is 1. The number of amides is 1. The van der Waals surface area contributed by atoms with Crippen molar-refractivity contribution < 1.29 is 17.7 Å². The molecule has 1 saturated heterocycles. The van der Waals surface area contributed by atoms with Gasteiger partial charge in [-0.2, -0.15) is 9.29 Å². The van der Waals surface area contributed by atoms with Gasteiger partial charge in [0.15, 0.2) is 0 Å². The number of aryl methyl sites for hydroxylation is 2. The van der Waals surface area contributed by atoms with Crippen molar-refractivity contribution in [1.29, 1.82) is 0 Å². The Labute approximate surface area is 199 Å². The van der Waals surface area contributed by atoms with Crippen LogP contribution in [-0.4, -0.2) is 41.9 Å². The van der Waals surface area contributed by atoms with Crippen LogP contribution in [0, 0.1) is 19.8 Å². The van der Waals surface area contributed by atoms with E-state index in [0.29, 0.717) is 43.6 Å². The molecule has 5 rings (SSSR count). The van der Waals surface area contributed by atoms with E-state index in [1.165, 1.54) is 4.31 Å². The van der Waals surface area contributed by atoms with Crippen LogP contribution >= 0.6 is 0 Å². The van der Waals surface area contributed by atoms with Crippen molar-refractivity contribution in [2.75, 3.05) is 18.4 Å². The van der Waals surface area contributed by atoms with Crippen molar-refractivity contribution in [2.45, 2.75) is 50.3 Å². The van der Waals surface area contributed by atoms with Crippen LogP contribution in [0.2, 0.25) is 0 Å². The molecule has 1 aromatic heterocycles. The number of nitrogens with one attached hydrogen (secondary N) is 1. The molecule has 1 amide bonds. The quantitative estimate of drug-likeness (QED) is 0.565. The number of aromatic nitrogens is 2. The monoisotopic (exact) mass is 480 g/mol. The standard InChI is InChI=1S/C25H28N4O4S/c1-16-13-17(2)15-21(14-16)26-24(30)19-9-11-29(12-10-19)34(31,32)22-7-5-18(6-8-22)23-27-25(33-28-23)20-3-4-20/h5-8,13-15,19-20H,3-4,9-12H2,1-2H3,(H,26,30). The van der Waals surface area contributed by atoms with Crippen LogP contribution in [-0.2, 0) is 14.8 Å². The van der Waals surface area contributed by atoms with Gasteiger partial charge in [-0.25, -0.2) is 8.42 Å². The van der Waals surface area contributed by atoms with Gasteiger partial charge in [-0.15, -0.1) is 0 Å². The molecule has 2 heterocycles. The lowest BCUT2D eigenvalue weighted by Crippen LogP contribution is -2.41. The first-order valence-corrected chi connectivity index (χ1v) is 13.1. The molecule has 1 aliphatic carbocycles. The van der Waals surface area contributed by atoms with Crippen molar-refractivity contribution in [2.24, 2.45) is 5.92 Å². The maximum absolute atomic E-state index is 13.2. The summed E-state index contributed by atoms with van der Waals surface area (Å²) in [5, 5.41) is 7.00. The van der Waals surface area contributed by atoms with Crippen LogP contribution in [0.25, 0.3) is 11.4 Å². The highest BCUT2D eigenvalue weighted by Crippen LogP contribution is 2.39. The third-order valence-electron chi connectivity index (χ3n) is 6.43. The summed E-state index contributed by atoms with van der Waals surface area (Å²) in [7, 11) is -3.64. The summed E-state index contributed by atoms with van der Waals surface area (Å²) >= 11 is 0. The molecule has 2 aliphatic rings. The van der Waals surface area contributed by atoms with E-state index >= 15 is 0 Å². The van der Waals surface area contributed by atoms with Crippen molar-refractivity contribution >= 4 is 21.6 Å². The number of anilines is 1. The largest absolute Gasteiger partial charge is 0.339 e. The first-order chi connectivity index (χ1) is 16.3. The number of rotatable bonds is 6. The van der Waals surface area contributed by atoms with Crippen LogP contribution in [0.3, 0.4) is 0 Å². The van der Waals surface area contributed by atoms with Gasteiger partial charge in [-0.1, -0.05) is 11.2 Å². The normalized spacial score (nSPS) is 17.6. The molecule has 0 unspecified atom stereocenters. The summed E-state index contributed by atoms with van der Waals surface area (Å²) in [6.45, 7) is 4.60. The second kappa shape index (κ2) is 8.96. The highest BCUT2D eigenvalue weighted by atomic mass is 32.2. The molecular formula is C25H28N4O4S. The lowest BCUT2D eigenvalue weighted by molar-refractivity contribution is -0.120. The summed E-state index contributed by atoms with van der Waals surface area (Å²) in [6, 6.07) is 12.5.